The topological polar surface area (TPSA) is 59.3 Å². The molecule has 16 heavy (non-hydrogen) atoms. The number of methoxy groups -OCH3 is 2. The lowest BCUT2D eigenvalue weighted by Crippen LogP contribution is -2.08. The third kappa shape index (κ3) is 2.31. The molecule has 1 unspecified atom stereocenters. The fraction of sp³-hybridized carbons (Fsp3) is 0.333. The summed E-state index contributed by atoms with van der Waals surface area (Å²) in [5.74, 6) is 0.0824. The molecular weight excluding hydrogens is 206 g/mol. The van der Waals surface area contributed by atoms with Crippen LogP contribution in [0, 0.1) is 11.3 Å². The average molecular weight is 219 g/mol. The molecule has 0 saturated carbocycles. The van der Waals surface area contributed by atoms with Gasteiger partial charge in [-0.15, -0.1) is 0 Å². The number of Topliss-reactive ketones (excluding diaryl/α,β-unsaturated/α-hetero) is 1. The van der Waals surface area contributed by atoms with E-state index >= 15 is 0 Å². The second-order valence-corrected chi connectivity index (χ2v) is 3.28. The van der Waals surface area contributed by atoms with Gasteiger partial charge in [-0.05, 0) is 25.1 Å². The molecule has 0 aliphatic heterocycles. The number of carbonyl (C=O) groups excluding carboxylic acids is 1. The Balaban J connectivity index is 3.28. The largest absolute Gasteiger partial charge is 0.497 e. The number of carbonyl (C=O) groups is 1. The fourth-order valence-electron chi connectivity index (χ4n) is 1.44. The summed E-state index contributed by atoms with van der Waals surface area (Å²) in [6.45, 7) is 1.38. The number of benzene rings is 1. The second kappa shape index (κ2) is 5.17. The van der Waals surface area contributed by atoms with Gasteiger partial charge >= 0.3 is 0 Å². The van der Waals surface area contributed by atoms with Gasteiger partial charge in [0.1, 0.15) is 17.4 Å². The Morgan fingerprint density at radius 3 is 2.50 bits per heavy atom. The van der Waals surface area contributed by atoms with E-state index in [0.29, 0.717) is 17.1 Å². The van der Waals surface area contributed by atoms with E-state index in [9.17, 15) is 4.79 Å². The zero-order valence-electron chi connectivity index (χ0n) is 9.48. The van der Waals surface area contributed by atoms with Gasteiger partial charge in [0.25, 0.3) is 0 Å². The van der Waals surface area contributed by atoms with Crippen molar-refractivity contribution in [3.63, 3.8) is 0 Å². The van der Waals surface area contributed by atoms with E-state index in [1.54, 1.807) is 18.2 Å². The van der Waals surface area contributed by atoms with E-state index in [1.165, 1.54) is 21.1 Å². The quantitative estimate of drug-likeness (QED) is 0.776. The molecule has 4 heteroatoms. The summed E-state index contributed by atoms with van der Waals surface area (Å²) in [6, 6.07) is 7.01. The maximum atomic E-state index is 11.3. The van der Waals surface area contributed by atoms with E-state index < -0.39 is 5.92 Å². The minimum absolute atomic E-state index is 0.214. The zero-order valence-corrected chi connectivity index (χ0v) is 9.48. The highest BCUT2D eigenvalue weighted by molar-refractivity contribution is 5.87. The lowest BCUT2D eigenvalue weighted by molar-refractivity contribution is -0.117. The summed E-state index contributed by atoms with van der Waals surface area (Å²) < 4.78 is 10.2. The predicted octanol–water partition coefficient (Wildman–Crippen LogP) is 1.90. The number of ketones is 1. The van der Waals surface area contributed by atoms with Crippen LogP contribution in [0.5, 0.6) is 11.5 Å². The molecule has 0 aliphatic rings. The lowest BCUT2D eigenvalue weighted by atomic mass is 9.96. The molecule has 0 amide bonds. The van der Waals surface area contributed by atoms with Gasteiger partial charge < -0.3 is 9.47 Å². The van der Waals surface area contributed by atoms with Crippen molar-refractivity contribution < 1.29 is 14.3 Å². The van der Waals surface area contributed by atoms with Crippen LogP contribution in [0.1, 0.15) is 18.4 Å². The summed E-state index contributed by atoms with van der Waals surface area (Å²) in [4.78, 5) is 11.3. The molecule has 0 N–H and O–H groups in total. The number of rotatable bonds is 4. The SMILES string of the molecule is COc1ccc(OC)c(C(C#N)C(C)=O)c1. The summed E-state index contributed by atoms with van der Waals surface area (Å²) in [5, 5.41) is 8.97. The predicted molar refractivity (Wildman–Crippen MR) is 58.6 cm³/mol. The highest BCUT2D eigenvalue weighted by atomic mass is 16.5. The molecule has 0 fully saturated rings. The van der Waals surface area contributed by atoms with E-state index in [-0.39, 0.29) is 5.78 Å². The Hall–Kier alpha value is -2.02. The highest BCUT2D eigenvalue weighted by Crippen LogP contribution is 2.30. The summed E-state index contributed by atoms with van der Waals surface area (Å²) >= 11 is 0. The third-order valence-corrected chi connectivity index (χ3v) is 2.28. The number of nitriles is 1. The highest BCUT2D eigenvalue weighted by Gasteiger charge is 2.20. The molecule has 1 rings (SSSR count). The van der Waals surface area contributed by atoms with Crippen molar-refractivity contribution in [2.75, 3.05) is 14.2 Å². The third-order valence-electron chi connectivity index (χ3n) is 2.28. The van der Waals surface area contributed by atoms with Crippen LogP contribution < -0.4 is 9.47 Å². The Labute approximate surface area is 94.4 Å². The zero-order chi connectivity index (χ0) is 12.1. The molecule has 0 spiro atoms. The van der Waals surface area contributed by atoms with Gasteiger partial charge in [-0.2, -0.15) is 5.26 Å². The van der Waals surface area contributed by atoms with Crippen LogP contribution >= 0.6 is 0 Å². The van der Waals surface area contributed by atoms with Crippen molar-refractivity contribution in [1.29, 1.82) is 5.26 Å². The maximum absolute atomic E-state index is 11.3. The van der Waals surface area contributed by atoms with Crippen LogP contribution in [0.3, 0.4) is 0 Å². The van der Waals surface area contributed by atoms with Crippen molar-refractivity contribution in [3.05, 3.63) is 23.8 Å². The van der Waals surface area contributed by atoms with Gasteiger partial charge in [-0.1, -0.05) is 0 Å². The first-order valence-electron chi connectivity index (χ1n) is 4.76. The van der Waals surface area contributed by atoms with Gasteiger partial charge in [0.05, 0.1) is 20.3 Å². The Morgan fingerprint density at radius 2 is 2.06 bits per heavy atom. The lowest BCUT2D eigenvalue weighted by Gasteiger charge is -2.12. The van der Waals surface area contributed by atoms with Crippen LogP contribution in [0.25, 0.3) is 0 Å². The monoisotopic (exact) mass is 219 g/mol. The van der Waals surface area contributed by atoms with E-state index in [2.05, 4.69) is 0 Å². The molecule has 0 saturated heterocycles. The molecule has 1 aromatic carbocycles. The molecule has 4 nitrogen and oxygen atoms in total. The van der Waals surface area contributed by atoms with Crippen LogP contribution in [-0.2, 0) is 4.79 Å². The van der Waals surface area contributed by atoms with Crippen molar-refractivity contribution in [3.8, 4) is 17.6 Å². The first-order chi connectivity index (χ1) is 7.63. The smallest absolute Gasteiger partial charge is 0.151 e. The molecule has 0 aliphatic carbocycles. The molecule has 84 valence electrons. The Morgan fingerprint density at radius 1 is 1.38 bits per heavy atom. The molecular formula is C12H13NO3. The molecule has 1 aromatic rings. The molecule has 1 atom stereocenters. The Kier molecular flexibility index (Phi) is 3.90. The van der Waals surface area contributed by atoms with Crippen LogP contribution in [-0.4, -0.2) is 20.0 Å². The summed E-state index contributed by atoms with van der Waals surface area (Å²) in [6.07, 6.45) is 0. The van der Waals surface area contributed by atoms with E-state index in [1.807, 2.05) is 6.07 Å². The summed E-state index contributed by atoms with van der Waals surface area (Å²) in [5.41, 5.74) is 0.539. The number of ether oxygens (including phenoxy) is 2. The molecule has 0 aromatic heterocycles. The second-order valence-electron chi connectivity index (χ2n) is 3.28. The normalized spacial score (nSPS) is 11.4. The molecule has 0 bridgehead atoms. The number of hydrogen-bond acceptors (Lipinski definition) is 4. The molecule has 0 radical (unpaired) electrons. The van der Waals surface area contributed by atoms with Crippen molar-refractivity contribution in [1.82, 2.24) is 0 Å². The summed E-state index contributed by atoms with van der Waals surface area (Å²) in [7, 11) is 3.03. The van der Waals surface area contributed by atoms with Crippen molar-refractivity contribution in [2.24, 2.45) is 0 Å². The van der Waals surface area contributed by atoms with Gasteiger partial charge in [-0.3, -0.25) is 4.79 Å². The van der Waals surface area contributed by atoms with Crippen LogP contribution in [0.2, 0.25) is 0 Å². The fourth-order valence-corrected chi connectivity index (χ4v) is 1.44. The minimum atomic E-state index is -0.815. The minimum Gasteiger partial charge on any atom is -0.497 e. The van der Waals surface area contributed by atoms with Gasteiger partial charge in [0.15, 0.2) is 5.78 Å². The van der Waals surface area contributed by atoms with Gasteiger partial charge in [0, 0.05) is 5.56 Å². The molecule has 0 heterocycles. The van der Waals surface area contributed by atoms with Crippen LogP contribution in [0.15, 0.2) is 18.2 Å². The first kappa shape index (κ1) is 12.1. The van der Waals surface area contributed by atoms with E-state index in [0.717, 1.165) is 0 Å². The maximum Gasteiger partial charge on any atom is 0.151 e. The first-order valence-corrected chi connectivity index (χ1v) is 4.76. The van der Waals surface area contributed by atoms with E-state index in [4.69, 9.17) is 14.7 Å². The number of nitrogens with zero attached hydrogens (tertiary/aromatic N) is 1. The average Bonchev–Trinajstić information content (AvgIpc) is 2.29. The Bertz CT molecular complexity index is 434. The standard InChI is InChI=1S/C12H13NO3/c1-8(14)11(7-13)10-6-9(15-2)4-5-12(10)16-3/h4-6,11H,1-3H3. The van der Waals surface area contributed by atoms with Crippen molar-refractivity contribution >= 4 is 5.78 Å². The van der Waals surface area contributed by atoms with Crippen LogP contribution in [0.4, 0.5) is 0 Å². The number of hydrogen-bond donors (Lipinski definition) is 0. The van der Waals surface area contributed by atoms with Gasteiger partial charge in [-0.25, -0.2) is 0 Å². The van der Waals surface area contributed by atoms with Gasteiger partial charge in [0.2, 0.25) is 0 Å². The van der Waals surface area contributed by atoms with Crippen molar-refractivity contribution in [2.45, 2.75) is 12.8 Å².